The van der Waals surface area contributed by atoms with Gasteiger partial charge >= 0.3 is 0 Å². The number of nitrogens with one attached hydrogen (secondary N) is 3. The van der Waals surface area contributed by atoms with E-state index in [9.17, 15) is 4.79 Å². The van der Waals surface area contributed by atoms with E-state index < -0.39 is 0 Å². The average Bonchev–Trinajstić information content (AvgIpc) is 2.20. The molecule has 0 aromatic heterocycles. The Hall–Kier alpha value is -1.34. The first-order valence-corrected chi connectivity index (χ1v) is 5.44. The first-order valence-electron chi connectivity index (χ1n) is 5.44. The van der Waals surface area contributed by atoms with E-state index >= 15 is 0 Å². The molecule has 1 amide bonds. The lowest BCUT2D eigenvalue weighted by atomic mass is 10.1. The minimum Gasteiger partial charge on any atom is -0.383 e. The predicted molar refractivity (Wildman–Crippen MR) is 67.4 cm³/mol. The molecule has 0 aliphatic carbocycles. The van der Waals surface area contributed by atoms with Gasteiger partial charge in [-0.05, 0) is 20.8 Å². The molecule has 0 spiro atoms. The van der Waals surface area contributed by atoms with E-state index in [1.165, 1.54) is 0 Å². The molecule has 0 radical (unpaired) electrons. The number of hydrogen-bond acceptors (Lipinski definition) is 4. The van der Waals surface area contributed by atoms with Gasteiger partial charge in [0.15, 0.2) is 0 Å². The highest BCUT2D eigenvalue weighted by molar-refractivity contribution is 5.84. The standard InChI is InChI=1S/C10H23N5O2/c1-10(2,3)14-8(16)7-13-9(15-11)12-5-6-17-4/h5-7,11H2,1-4H3,(H,14,16)(H2,12,13,15). The number of hydrazine groups is 1. The van der Waals surface area contributed by atoms with Crippen molar-refractivity contribution in [2.75, 3.05) is 26.8 Å². The molecule has 5 N–H and O–H groups in total. The van der Waals surface area contributed by atoms with E-state index in [-0.39, 0.29) is 18.0 Å². The lowest BCUT2D eigenvalue weighted by molar-refractivity contribution is -0.121. The highest BCUT2D eigenvalue weighted by Crippen LogP contribution is 1.97. The maximum Gasteiger partial charge on any atom is 0.242 e. The van der Waals surface area contributed by atoms with Gasteiger partial charge in [-0.2, -0.15) is 0 Å². The molecule has 0 rings (SSSR count). The third-order valence-corrected chi connectivity index (χ3v) is 1.63. The van der Waals surface area contributed by atoms with Crippen molar-refractivity contribution in [2.24, 2.45) is 10.8 Å². The minimum absolute atomic E-state index is 0.0246. The number of nitrogens with two attached hydrogens (primary N) is 1. The number of carbonyl (C=O) groups is 1. The van der Waals surface area contributed by atoms with Crippen LogP contribution in [-0.4, -0.2) is 44.2 Å². The summed E-state index contributed by atoms with van der Waals surface area (Å²) >= 11 is 0. The maximum atomic E-state index is 11.5. The molecule has 0 heterocycles. The van der Waals surface area contributed by atoms with Crippen LogP contribution in [0, 0.1) is 0 Å². The number of rotatable bonds is 5. The Morgan fingerprint density at radius 1 is 1.41 bits per heavy atom. The van der Waals surface area contributed by atoms with Crippen LogP contribution in [0.3, 0.4) is 0 Å². The third kappa shape index (κ3) is 9.58. The molecule has 0 saturated heterocycles. The van der Waals surface area contributed by atoms with Crippen LogP contribution in [0.4, 0.5) is 0 Å². The number of ether oxygens (including phenoxy) is 1. The summed E-state index contributed by atoms with van der Waals surface area (Å²) in [6.45, 7) is 6.86. The molecule has 0 aliphatic heterocycles. The Kier molecular flexibility index (Phi) is 7.24. The van der Waals surface area contributed by atoms with E-state index in [2.05, 4.69) is 21.1 Å². The smallest absolute Gasteiger partial charge is 0.242 e. The minimum atomic E-state index is -0.258. The first kappa shape index (κ1) is 15.7. The van der Waals surface area contributed by atoms with E-state index in [4.69, 9.17) is 10.6 Å². The fourth-order valence-electron chi connectivity index (χ4n) is 1.03. The topological polar surface area (TPSA) is 101 Å². The van der Waals surface area contributed by atoms with Gasteiger partial charge in [0.2, 0.25) is 11.9 Å². The average molecular weight is 245 g/mol. The summed E-state index contributed by atoms with van der Waals surface area (Å²) in [5.74, 6) is 5.47. The van der Waals surface area contributed by atoms with Crippen LogP contribution in [0.25, 0.3) is 0 Å². The second-order valence-electron chi connectivity index (χ2n) is 4.53. The largest absolute Gasteiger partial charge is 0.383 e. The predicted octanol–water partition coefficient (Wildman–Crippen LogP) is -1.04. The summed E-state index contributed by atoms with van der Waals surface area (Å²) in [5.41, 5.74) is 2.12. The van der Waals surface area contributed by atoms with Crippen LogP contribution in [0.15, 0.2) is 4.99 Å². The van der Waals surface area contributed by atoms with Gasteiger partial charge in [-0.3, -0.25) is 10.2 Å². The van der Waals surface area contributed by atoms with Crippen molar-refractivity contribution in [3.63, 3.8) is 0 Å². The Balaban J connectivity index is 4.04. The molecule has 0 bridgehead atoms. The van der Waals surface area contributed by atoms with Gasteiger partial charge in [0.25, 0.3) is 0 Å². The molecule has 100 valence electrons. The molecule has 17 heavy (non-hydrogen) atoms. The van der Waals surface area contributed by atoms with Crippen molar-refractivity contribution in [3.8, 4) is 0 Å². The van der Waals surface area contributed by atoms with Gasteiger partial charge in [-0.15, -0.1) is 0 Å². The molecule has 7 nitrogen and oxygen atoms in total. The molecule has 0 aromatic carbocycles. The van der Waals surface area contributed by atoms with Crippen LogP contribution in [-0.2, 0) is 9.53 Å². The third-order valence-electron chi connectivity index (χ3n) is 1.63. The van der Waals surface area contributed by atoms with E-state index in [1.54, 1.807) is 7.11 Å². The summed E-state index contributed by atoms with van der Waals surface area (Å²) in [7, 11) is 1.60. The quantitative estimate of drug-likeness (QED) is 0.163. The van der Waals surface area contributed by atoms with Gasteiger partial charge in [-0.25, -0.2) is 10.8 Å². The van der Waals surface area contributed by atoms with Crippen LogP contribution in [0.5, 0.6) is 0 Å². The van der Waals surface area contributed by atoms with E-state index in [0.29, 0.717) is 19.1 Å². The van der Waals surface area contributed by atoms with Gasteiger partial charge in [0.05, 0.1) is 6.61 Å². The number of nitrogens with zero attached hydrogens (tertiary/aromatic N) is 1. The summed E-state index contributed by atoms with van der Waals surface area (Å²) in [4.78, 5) is 15.5. The number of amides is 1. The summed E-state index contributed by atoms with van der Waals surface area (Å²) in [5, 5.41) is 5.70. The van der Waals surface area contributed by atoms with Gasteiger partial charge in [0, 0.05) is 19.2 Å². The molecule has 0 unspecified atom stereocenters. The Labute approximate surface area is 102 Å². The zero-order chi connectivity index (χ0) is 13.3. The van der Waals surface area contributed by atoms with Crippen LogP contribution in [0.1, 0.15) is 20.8 Å². The lowest BCUT2D eigenvalue weighted by Gasteiger charge is -2.19. The number of carbonyl (C=O) groups excluding carboxylic acids is 1. The Bertz CT molecular complexity index is 260. The van der Waals surface area contributed by atoms with Crippen molar-refractivity contribution < 1.29 is 9.53 Å². The number of methoxy groups -OCH3 is 1. The molecular weight excluding hydrogens is 222 g/mol. The fraction of sp³-hybridized carbons (Fsp3) is 0.800. The molecule has 0 atom stereocenters. The Morgan fingerprint density at radius 3 is 2.53 bits per heavy atom. The van der Waals surface area contributed by atoms with Crippen molar-refractivity contribution in [1.82, 2.24) is 16.1 Å². The number of guanidine groups is 1. The molecule has 0 aromatic rings. The van der Waals surface area contributed by atoms with Crippen molar-refractivity contribution in [3.05, 3.63) is 0 Å². The summed E-state index contributed by atoms with van der Waals surface area (Å²) in [6, 6.07) is 0. The second-order valence-corrected chi connectivity index (χ2v) is 4.53. The van der Waals surface area contributed by atoms with Crippen LogP contribution in [0.2, 0.25) is 0 Å². The van der Waals surface area contributed by atoms with Crippen LogP contribution < -0.4 is 21.9 Å². The maximum absolute atomic E-state index is 11.5. The summed E-state index contributed by atoms with van der Waals surface area (Å²) in [6.07, 6.45) is 0. The molecule has 0 saturated carbocycles. The van der Waals surface area contributed by atoms with Gasteiger partial charge in [0.1, 0.15) is 6.54 Å². The lowest BCUT2D eigenvalue weighted by Crippen LogP contribution is -2.45. The Morgan fingerprint density at radius 2 is 2.06 bits per heavy atom. The number of hydrogen-bond donors (Lipinski definition) is 4. The van der Waals surface area contributed by atoms with E-state index in [0.717, 1.165) is 0 Å². The zero-order valence-corrected chi connectivity index (χ0v) is 11.0. The van der Waals surface area contributed by atoms with Crippen LogP contribution >= 0.6 is 0 Å². The highest BCUT2D eigenvalue weighted by Gasteiger charge is 2.12. The fourth-order valence-corrected chi connectivity index (χ4v) is 1.03. The first-order chi connectivity index (χ1) is 7.89. The monoisotopic (exact) mass is 245 g/mol. The molecule has 7 heteroatoms. The second kappa shape index (κ2) is 7.86. The van der Waals surface area contributed by atoms with Gasteiger partial charge in [-0.1, -0.05) is 0 Å². The van der Waals surface area contributed by atoms with Crippen molar-refractivity contribution in [1.29, 1.82) is 0 Å². The van der Waals surface area contributed by atoms with E-state index in [1.807, 2.05) is 20.8 Å². The zero-order valence-electron chi connectivity index (χ0n) is 11.0. The molecular formula is C10H23N5O2. The molecule has 0 aliphatic rings. The highest BCUT2D eigenvalue weighted by atomic mass is 16.5. The van der Waals surface area contributed by atoms with Crippen molar-refractivity contribution >= 4 is 11.9 Å². The normalized spacial score (nSPS) is 12.2. The molecule has 0 fully saturated rings. The SMILES string of the molecule is COCCNC(=NCC(=O)NC(C)(C)C)NN. The summed E-state index contributed by atoms with van der Waals surface area (Å²) < 4.78 is 4.86. The van der Waals surface area contributed by atoms with Gasteiger partial charge < -0.3 is 15.4 Å². The van der Waals surface area contributed by atoms with Crippen molar-refractivity contribution in [2.45, 2.75) is 26.3 Å². The number of aliphatic imine (C=N–C) groups is 1.